The first-order chi connectivity index (χ1) is 8.89. The minimum Gasteiger partial charge on any atom is -0.314 e. The van der Waals surface area contributed by atoms with Gasteiger partial charge in [0.2, 0.25) is 0 Å². The summed E-state index contributed by atoms with van der Waals surface area (Å²) in [5.41, 5.74) is 0.211. The Morgan fingerprint density at radius 1 is 1.32 bits per heavy atom. The van der Waals surface area contributed by atoms with Crippen molar-refractivity contribution in [2.24, 2.45) is 11.3 Å². The SMILES string of the molecule is CCCn1ncnc1CC(C)(CNC(C)C)C(C)C. The zero-order valence-electron chi connectivity index (χ0n) is 13.4. The van der Waals surface area contributed by atoms with Crippen molar-refractivity contribution in [2.75, 3.05) is 6.54 Å². The molecule has 0 saturated heterocycles. The average Bonchev–Trinajstić information content (AvgIpc) is 2.74. The van der Waals surface area contributed by atoms with Crippen molar-refractivity contribution in [2.45, 2.75) is 67.0 Å². The first-order valence-electron chi connectivity index (χ1n) is 7.49. The first kappa shape index (κ1) is 16.2. The van der Waals surface area contributed by atoms with Crippen LogP contribution < -0.4 is 5.32 Å². The summed E-state index contributed by atoms with van der Waals surface area (Å²) < 4.78 is 2.05. The van der Waals surface area contributed by atoms with Gasteiger partial charge in [0, 0.05) is 25.6 Å². The van der Waals surface area contributed by atoms with Crippen LogP contribution in [0.1, 0.15) is 53.8 Å². The molecule has 1 aromatic rings. The van der Waals surface area contributed by atoms with Crippen LogP contribution in [0.2, 0.25) is 0 Å². The Labute approximate surface area is 118 Å². The summed E-state index contributed by atoms with van der Waals surface area (Å²) in [6.45, 7) is 15.5. The Morgan fingerprint density at radius 3 is 2.53 bits per heavy atom. The van der Waals surface area contributed by atoms with Crippen LogP contribution in [0.5, 0.6) is 0 Å². The highest BCUT2D eigenvalue weighted by Crippen LogP contribution is 2.30. The van der Waals surface area contributed by atoms with Crippen molar-refractivity contribution < 1.29 is 0 Å². The van der Waals surface area contributed by atoms with Crippen LogP contribution in [0.4, 0.5) is 0 Å². The van der Waals surface area contributed by atoms with Gasteiger partial charge < -0.3 is 5.32 Å². The molecule has 1 N–H and O–H groups in total. The second kappa shape index (κ2) is 7.04. The zero-order chi connectivity index (χ0) is 14.5. The lowest BCUT2D eigenvalue weighted by Gasteiger charge is -2.34. The smallest absolute Gasteiger partial charge is 0.138 e. The van der Waals surface area contributed by atoms with E-state index < -0.39 is 0 Å². The van der Waals surface area contributed by atoms with Gasteiger partial charge in [0.05, 0.1) is 0 Å². The Hall–Kier alpha value is -0.900. The topological polar surface area (TPSA) is 42.7 Å². The molecule has 0 amide bonds. The van der Waals surface area contributed by atoms with Gasteiger partial charge in [0.25, 0.3) is 0 Å². The highest BCUT2D eigenvalue weighted by Gasteiger charge is 2.30. The van der Waals surface area contributed by atoms with Crippen LogP contribution in [0, 0.1) is 11.3 Å². The minimum atomic E-state index is 0.211. The van der Waals surface area contributed by atoms with Crippen LogP contribution >= 0.6 is 0 Å². The number of nitrogens with one attached hydrogen (secondary N) is 1. The van der Waals surface area contributed by atoms with Gasteiger partial charge in [-0.25, -0.2) is 4.98 Å². The number of rotatable bonds is 8. The van der Waals surface area contributed by atoms with E-state index in [0.29, 0.717) is 12.0 Å². The molecule has 110 valence electrons. The molecule has 1 rings (SSSR count). The second-order valence-electron chi connectivity index (χ2n) is 6.42. The Bertz CT molecular complexity index is 370. The van der Waals surface area contributed by atoms with Crippen molar-refractivity contribution in [1.29, 1.82) is 0 Å². The van der Waals surface area contributed by atoms with Crippen LogP contribution in [0.3, 0.4) is 0 Å². The standard InChI is InChI=1S/C15H30N4/c1-7-8-19-14(17-11-18-19)9-15(6,12(2)3)10-16-13(4)5/h11-13,16H,7-10H2,1-6H3. The normalized spacial score (nSPS) is 15.2. The predicted molar refractivity (Wildman–Crippen MR) is 80.1 cm³/mol. The molecular formula is C15H30N4. The molecule has 1 atom stereocenters. The summed E-state index contributed by atoms with van der Waals surface area (Å²) in [7, 11) is 0. The molecule has 4 heteroatoms. The highest BCUT2D eigenvalue weighted by molar-refractivity contribution is 4.95. The quantitative estimate of drug-likeness (QED) is 0.786. The maximum atomic E-state index is 4.45. The summed E-state index contributed by atoms with van der Waals surface area (Å²) in [5, 5.41) is 7.90. The van der Waals surface area contributed by atoms with E-state index in [-0.39, 0.29) is 5.41 Å². The molecule has 0 aliphatic rings. The summed E-state index contributed by atoms with van der Waals surface area (Å²) >= 11 is 0. The van der Waals surface area contributed by atoms with Crippen molar-refractivity contribution in [3.63, 3.8) is 0 Å². The lowest BCUT2D eigenvalue weighted by Crippen LogP contribution is -2.41. The minimum absolute atomic E-state index is 0.211. The van der Waals surface area contributed by atoms with E-state index in [9.17, 15) is 0 Å². The molecular weight excluding hydrogens is 236 g/mol. The lowest BCUT2D eigenvalue weighted by molar-refractivity contribution is 0.195. The summed E-state index contributed by atoms with van der Waals surface area (Å²) in [5.74, 6) is 1.72. The van der Waals surface area contributed by atoms with Crippen LogP contribution in [-0.4, -0.2) is 27.4 Å². The lowest BCUT2D eigenvalue weighted by atomic mass is 9.76. The van der Waals surface area contributed by atoms with E-state index in [2.05, 4.69) is 61.6 Å². The van der Waals surface area contributed by atoms with Crippen molar-refractivity contribution >= 4 is 0 Å². The van der Waals surface area contributed by atoms with Crippen LogP contribution in [0.15, 0.2) is 6.33 Å². The largest absolute Gasteiger partial charge is 0.314 e. The maximum absolute atomic E-state index is 4.45. The van der Waals surface area contributed by atoms with Gasteiger partial charge in [-0.2, -0.15) is 5.10 Å². The number of aryl methyl sites for hydroxylation is 1. The van der Waals surface area contributed by atoms with E-state index in [1.165, 1.54) is 0 Å². The van der Waals surface area contributed by atoms with Gasteiger partial charge >= 0.3 is 0 Å². The monoisotopic (exact) mass is 266 g/mol. The van der Waals surface area contributed by atoms with Gasteiger partial charge in [-0.15, -0.1) is 0 Å². The summed E-state index contributed by atoms with van der Waals surface area (Å²) in [6, 6.07) is 0.520. The molecule has 0 aliphatic heterocycles. The Balaban J connectivity index is 2.79. The molecule has 1 heterocycles. The van der Waals surface area contributed by atoms with Crippen LogP contribution in [0.25, 0.3) is 0 Å². The van der Waals surface area contributed by atoms with E-state index in [1.807, 2.05) is 0 Å². The van der Waals surface area contributed by atoms with Crippen molar-refractivity contribution in [3.05, 3.63) is 12.2 Å². The van der Waals surface area contributed by atoms with Gasteiger partial charge in [0.1, 0.15) is 12.2 Å². The molecule has 0 bridgehead atoms. The maximum Gasteiger partial charge on any atom is 0.138 e. The Morgan fingerprint density at radius 2 is 2.00 bits per heavy atom. The van der Waals surface area contributed by atoms with Crippen molar-refractivity contribution in [1.82, 2.24) is 20.1 Å². The number of hydrogen-bond donors (Lipinski definition) is 1. The molecule has 0 aromatic carbocycles. The molecule has 0 radical (unpaired) electrons. The van der Waals surface area contributed by atoms with Gasteiger partial charge in [-0.05, 0) is 17.8 Å². The molecule has 4 nitrogen and oxygen atoms in total. The number of hydrogen-bond acceptors (Lipinski definition) is 3. The molecule has 19 heavy (non-hydrogen) atoms. The first-order valence-corrected chi connectivity index (χ1v) is 7.49. The molecule has 0 fully saturated rings. The van der Waals surface area contributed by atoms with E-state index in [0.717, 1.165) is 31.8 Å². The third kappa shape index (κ3) is 4.60. The highest BCUT2D eigenvalue weighted by atomic mass is 15.3. The van der Waals surface area contributed by atoms with E-state index >= 15 is 0 Å². The molecule has 0 spiro atoms. The predicted octanol–water partition coefficient (Wildman–Crippen LogP) is 2.89. The third-order valence-corrected chi connectivity index (χ3v) is 4.00. The van der Waals surface area contributed by atoms with E-state index in [1.54, 1.807) is 6.33 Å². The third-order valence-electron chi connectivity index (χ3n) is 4.00. The van der Waals surface area contributed by atoms with E-state index in [4.69, 9.17) is 0 Å². The average molecular weight is 266 g/mol. The number of aromatic nitrogens is 3. The van der Waals surface area contributed by atoms with Gasteiger partial charge in [-0.1, -0.05) is 41.5 Å². The Kier molecular flexibility index (Phi) is 5.98. The summed E-state index contributed by atoms with van der Waals surface area (Å²) in [4.78, 5) is 4.45. The molecule has 1 unspecified atom stereocenters. The van der Waals surface area contributed by atoms with Crippen molar-refractivity contribution in [3.8, 4) is 0 Å². The van der Waals surface area contributed by atoms with Crippen LogP contribution in [-0.2, 0) is 13.0 Å². The second-order valence-corrected chi connectivity index (χ2v) is 6.42. The fourth-order valence-electron chi connectivity index (χ4n) is 2.09. The summed E-state index contributed by atoms with van der Waals surface area (Å²) in [6.07, 6.45) is 3.75. The fourth-order valence-corrected chi connectivity index (χ4v) is 2.09. The van der Waals surface area contributed by atoms with Gasteiger partial charge in [-0.3, -0.25) is 4.68 Å². The number of nitrogens with zero attached hydrogens (tertiary/aromatic N) is 3. The molecule has 0 saturated carbocycles. The fraction of sp³-hybridized carbons (Fsp3) is 0.867. The van der Waals surface area contributed by atoms with Gasteiger partial charge in [0.15, 0.2) is 0 Å². The molecule has 0 aliphatic carbocycles. The zero-order valence-corrected chi connectivity index (χ0v) is 13.4. The molecule has 1 aromatic heterocycles.